The predicted octanol–water partition coefficient (Wildman–Crippen LogP) is 2.63. The van der Waals surface area contributed by atoms with Gasteiger partial charge in [-0.2, -0.15) is 20.2 Å². The molecular formula is C21H29N7O2. The van der Waals surface area contributed by atoms with Gasteiger partial charge in [-0.05, 0) is 43.9 Å². The van der Waals surface area contributed by atoms with Crippen LogP contribution in [-0.4, -0.2) is 39.6 Å². The lowest BCUT2D eigenvalue weighted by Gasteiger charge is -2.11. The van der Waals surface area contributed by atoms with Crippen LogP contribution in [-0.2, 0) is 22.7 Å². The summed E-state index contributed by atoms with van der Waals surface area (Å²) in [5.41, 5.74) is 8.50. The summed E-state index contributed by atoms with van der Waals surface area (Å²) in [6.45, 7) is 9.04. The van der Waals surface area contributed by atoms with E-state index in [1.807, 2.05) is 26.0 Å². The molecule has 0 radical (unpaired) electrons. The monoisotopic (exact) mass is 411 g/mol. The maximum atomic E-state index is 12.4. The van der Waals surface area contributed by atoms with Crippen molar-refractivity contribution in [2.24, 2.45) is 5.92 Å². The molecule has 30 heavy (non-hydrogen) atoms. The number of hydrogen-bond donors (Lipinski definition) is 1. The zero-order valence-corrected chi connectivity index (χ0v) is 18.4. The largest absolute Gasteiger partial charge is 0.453 e. The number of nitrogen functional groups attached to an aromatic ring is 1. The minimum absolute atomic E-state index is 0.0321. The Morgan fingerprint density at radius 3 is 2.63 bits per heavy atom. The van der Waals surface area contributed by atoms with Crippen molar-refractivity contribution >= 4 is 23.9 Å². The maximum Gasteiger partial charge on any atom is 0.349 e. The van der Waals surface area contributed by atoms with Gasteiger partial charge in [0.1, 0.15) is 11.6 Å². The Morgan fingerprint density at radius 1 is 1.33 bits per heavy atom. The van der Waals surface area contributed by atoms with Gasteiger partial charge in [0, 0.05) is 32.0 Å². The Labute approximate surface area is 177 Å². The van der Waals surface area contributed by atoms with Crippen molar-refractivity contribution in [2.75, 3.05) is 24.7 Å². The molecule has 0 atom stereocenters. The number of anilines is 2. The number of ether oxygens (including phenoxy) is 1. The molecule has 2 aromatic heterocycles. The third-order valence-corrected chi connectivity index (χ3v) is 4.60. The number of nitrogens with zero attached hydrogens (tertiary/aromatic N) is 6. The SMILES string of the molecule is Cc1cc(/C=C(\C#N)C(=O)OCc2nc(N)nc(N(C)C)n2)c(C)n1CCC(C)C. The van der Waals surface area contributed by atoms with E-state index >= 15 is 0 Å². The molecule has 0 spiro atoms. The van der Waals surface area contributed by atoms with Crippen LogP contribution in [0.25, 0.3) is 6.08 Å². The van der Waals surface area contributed by atoms with E-state index in [1.54, 1.807) is 25.1 Å². The van der Waals surface area contributed by atoms with E-state index in [4.69, 9.17) is 10.5 Å². The summed E-state index contributed by atoms with van der Waals surface area (Å²) in [5, 5.41) is 9.47. The predicted molar refractivity (Wildman–Crippen MR) is 115 cm³/mol. The highest BCUT2D eigenvalue weighted by molar-refractivity contribution is 5.98. The van der Waals surface area contributed by atoms with Gasteiger partial charge in [-0.1, -0.05) is 13.8 Å². The number of aryl methyl sites for hydroxylation is 1. The number of rotatable bonds is 8. The van der Waals surface area contributed by atoms with E-state index in [-0.39, 0.29) is 24.0 Å². The van der Waals surface area contributed by atoms with Crippen LogP contribution in [0.4, 0.5) is 11.9 Å². The summed E-state index contributed by atoms with van der Waals surface area (Å²) < 4.78 is 7.43. The second kappa shape index (κ2) is 9.87. The minimum atomic E-state index is -0.741. The number of aromatic nitrogens is 4. The van der Waals surface area contributed by atoms with Gasteiger partial charge in [0.05, 0.1) is 0 Å². The second-order valence-corrected chi connectivity index (χ2v) is 7.71. The van der Waals surface area contributed by atoms with Crippen molar-refractivity contribution in [2.45, 2.75) is 47.3 Å². The lowest BCUT2D eigenvalue weighted by molar-refractivity contribution is -0.139. The van der Waals surface area contributed by atoms with Crippen molar-refractivity contribution in [3.63, 3.8) is 0 Å². The maximum absolute atomic E-state index is 12.4. The highest BCUT2D eigenvalue weighted by Gasteiger charge is 2.16. The van der Waals surface area contributed by atoms with Crippen LogP contribution in [0, 0.1) is 31.1 Å². The Hall–Kier alpha value is -3.41. The molecule has 0 amide bonds. The highest BCUT2D eigenvalue weighted by atomic mass is 16.5. The average Bonchev–Trinajstić information content (AvgIpc) is 2.94. The van der Waals surface area contributed by atoms with Crippen molar-refractivity contribution in [1.29, 1.82) is 5.26 Å². The van der Waals surface area contributed by atoms with E-state index in [9.17, 15) is 10.1 Å². The Balaban J connectivity index is 2.16. The van der Waals surface area contributed by atoms with Gasteiger partial charge in [-0.15, -0.1) is 0 Å². The first kappa shape index (κ1) is 22.9. The molecule has 0 aromatic carbocycles. The van der Waals surface area contributed by atoms with Gasteiger partial charge in [-0.3, -0.25) is 0 Å². The molecule has 0 fully saturated rings. The van der Waals surface area contributed by atoms with Gasteiger partial charge in [0.2, 0.25) is 11.9 Å². The fourth-order valence-electron chi connectivity index (χ4n) is 2.90. The van der Waals surface area contributed by atoms with E-state index in [1.165, 1.54) is 0 Å². The van der Waals surface area contributed by atoms with Gasteiger partial charge in [0.15, 0.2) is 12.4 Å². The Morgan fingerprint density at radius 2 is 2.03 bits per heavy atom. The van der Waals surface area contributed by atoms with Crippen molar-refractivity contribution in [3.8, 4) is 6.07 Å². The van der Waals surface area contributed by atoms with Crippen LogP contribution >= 0.6 is 0 Å². The van der Waals surface area contributed by atoms with Crippen LogP contribution in [0.3, 0.4) is 0 Å². The molecule has 2 rings (SSSR count). The number of carbonyl (C=O) groups excluding carboxylic acids is 1. The van der Waals surface area contributed by atoms with Crippen LogP contribution in [0.1, 0.15) is 43.0 Å². The first-order valence-electron chi connectivity index (χ1n) is 9.75. The van der Waals surface area contributed by atoms with Gasteiger partial charge < -0.3 is 19.9 Å². The lowest BCUT2D eigenvalue weighted by Crippen LogP contribution is -2.17. The molecule has 2 heterocycles. The second-order valence-electron chi connectivity index (χ2n) is 7.71. The summed E-state index contributed by atoms with van der Waals surface area (Å²) in [7, 11) is 3.53. The molecule has 2 aromatic rings. The van der Waals surface area contributed by atoms with Crippen LogP contribution < -0.4 is 10.6 Å². The molecule has 0 saturated carbocycles. The summed E-state index contributed by atoms with van der Waals surface area (Å²) in [6, 6.07) is 3.89. The first-order chi connectivity index (χ1) is 14.1. The first-order valence-corrected chi connectivity index (χ1v) is 9.75. The van der Waals surface area contributed by atoms with Gasteiger partial charge >= 0.3 is 5.97 Å². The molecule has 0 bridgehead atoms. The zero-order valence-electron chi connectivity index (χ0n) is 18.4. The molecule has 9 nitrogen and oxygen atoms in total. The number of nitriles is 1. The minimum Gasteiger partial charge on any atom is -0.453 e. The molecule has 0 unspecified atom stereocenters. The van der Waals surface area contributed by atoms with E-state index in [0.29, 0.717) is 11.9 Å². The van der Waals surface area contributed by atoms with Crippen molar-refractivity contribution < 1.29 is 9.53 Å². The smallest absolute Gasteiger partial charge is 0.349 e. The van der Waals surface area contributed by atoms with Crippen LogP contribution in [0.15, 0.2) is 11.6 Å². The van der Waals surface area contributed by atoms with E-state index < -0.39 is 5.97 Å². The topological polar surface area (TPSA) is 123 Å². The molecular weight excluding hydrogens is 382 g/mol. The summed E-state index contributed by atoms with van der Waals surface area (Å²) >= 11 is 0. The molecule has 9 heteroatoms. The van der Waals surface area contributed by atoms with E-state index in [2.05, 4.69) is 33.4 Å². The molecule has 0 aliphatic heterocycles. The average molecular weight is 412 g/mol. The number of hydrogen-bond acceptors (Lipinski definition) is 8. The highest BCUT2D eigenvalue weighted by Crippen LogP contribution is 2.20. The Kier molecular flexibility index (Phi) is 7.53. The fourth-order valence-corrected chi connectivity index (χ4v) is 2.90. The Bertz CT molecular complexity index is 984. The van der Waals surface area contributed by atoms with Crippen molar-refractivity contribution in [1.82, 2.24) is 19.5 Å². The summed E-state index contributed by atoms with van der Waals surface area (Å²) in [5.74, 6) is 0.453. The van der Waals surface area contributed by atoms with Crippen LogP contribution in [0.2, 0.25) is 0 Å². The van der Waals surface area contributed by atoms with E-state index in [0.717, 1.165) is 29.9 Å². The third-order valence-electron chi connectivity index (χ3n) is 4.60. The summed E-state index contributed by atoms with van der Waals surface area (Å²) in [4.78, 5) is 26.2. The molecule has 2 N–H and O–H groups in total. The molecule has 160 valence electrons. The summed E-state index contributed by atoms with van der Waals surface area (Å²) in [6.07, 6.45) is 2.61. The molecule has 0 saturated heterocycles. The normalized spacial score (nSPS) is 11.5. The molecule has 0 aliphatic rings. The van der Waals surface area contributed by atoms with Gasteiger partial charge in [-0.25, -0.2) is 4.79 Å². The van der Waals surface area contributed by atoms with Crippen molar-refractivity contribution in [3.05, 3.63) is 34.4 Å². The standard InChI is InChI=1S/C21H29N7O2/c1-13(2)7-8-28-14(3)9-16(15(28)4)10-17(11-22)19(29)30-12-18-24-20(23)26-21(25-18)27(5)6/h9-10,13H,7-8,12H2,1-6H3,(H2,23,24,25,26)/b17-10+. The third kappa shape index (κ3) is 5.80. The zero-order chi connectivity index (χ0) is 22.4. The number of nitrogens with two attached hydrogens (primary N) is 1. The number of carbonyl (C=O) groups is 1. The van der Waals surface area contributed by atoms with Gasteiger partial charge in [0.25, 0.3) is 0 Å². The fraction of sp³-hybridized carbons (Fsp3) is 0.476. The number of esters is 1. The quantitative estimate of drug-likeness (QED) is 0.399. The van der Waals surface area contributed by atoms with Crippen LogP contribution in [0.5, 0.6) is 0 Å². The molecule has 0 aliphatic carbocycles. The lowest BCUT2D eigenvalue weighted by atomic mass is 10.1.